The number of aromatic nitrogens is 4. The van der Waals surface area contributed by atoms with E-state index in [9.17, 15) is 9.59 Å². The van der Waals surface area contributed by atoms with Gasteiger partial charge in [0.15, 0.2) is 0 Å². The number of hydrogen-bond donors (Lipinski definition) is 1. The average molecular weight is 357 g/mol. The van der Waals surface area contributed by atoms with Gasteiger partial charge >= 0.3 is 0 Å². The van der Waals surface area contributed by atoms with E-state index in [2.05, 4.69) is 22.4 Å². The molecule has 130 valence electrons. The molecule has 1 atom stereocenters. The maximum Gasteiger partial charge on any atom is 0.288 e. The summed E-state index contributed by atoms with van der Waals surface area (Å²) in [6.07, 6.45) is 4.51. The van der Waals surface area contributed by atoms with Gasteiger partial charge in [-0.1, -0.05) is 6.92 Å². The molecule has 0 saturated heterocycles. The van der Waals surface area contributed by atoms with Crippen molar-refractivity contribution in [2.75, 3.05) is 5.43 Å². The number of nitrogens with one attached hydrogen (secondary N) is 1. The Kier molecular flexibility index (Phi) is 3.72. The second-order valence-corrected chi connectivity index (χ2v) is 7.70. The van der Waals surface area contributed by atoms with Crippen molar-refractivity contribution in [2.45, 2.75) is 33.1 Å². The van der Waals surface area contributed by atoms with Crippen molar-refractivity contribution in [3.8, 4) is 0 Å². The maximum atomic E-state index is 13.0. The van der Waals surface area contributed by atoms with Gasteiger partial charge in [-0.3, -0.25) is 19.7 Å². The molecular weight excluding hydrogens is 338 g/mol. The van der Waals surface area contributed by atoms with E-state index >= 15 is 0 Å². The Bertz CT molecular complexity index is 1050. The number of aryl methyl sites for hydroxylation is 3. The normalized spacial score (nSPS) is 16.8. The summed E-state index contributed by atoms with van der Waals surface area (Å²) >= 11 is 1.61. The molecule has 25 heavy (non-hydrogen) atoms. The third kappa shape index (κ3) is 2.57. The zero-order valence-corrected chi connectivity index (χ0v) is 15.2. The highest BCUT2D eigenvalue weighted by Gasteiger charge is 2.24. The summed E-state index contributed by atoms with van der Waals surface area (Å²) in [5.41, 5.74) is 3.95. The van der Waals surface area contributed by atoms with Gasteiger partial charge in [-0.05, 0) is 43.7 Å². The molecule has 0 fully saturated rings. The number of nitrogens with zero attached hydrogens (tertiary/aromatic N) is 4. The molecule has 1 aliphatic carbocycles. The van der Waals surface area contributed by atoms with Crippen molar-refractivity contribution in [3.63, 3.8) is 0 Å². The maximum absolute atomic E-state index is 13.0. The number of carbonyl (C=O) groups is 1. The van der Waals surface area contributed by atoms with Crippen LogP contribution in [0.5, 0.6) is 0 Å². The minimum Gasteiger partial charge on any atom is -0.267 e. The van der Waals surface area contributed by atoms with Crippen LogP contribution in [0.2, 0.25) is 0 Å². The molecule has 1 aliphatic rings. The molecule has 8 heteroatoms. The van der Waals surface area contributed by atoms with Gasteiger partial charge in [0.05, 0.1) is 5.39 Å². The highest BCUT2D eigenvalue weighted by atomic mass is 32.1. The van der Waals surface area contributed by atoms with Gasteiger partial charge in [-0.25, -0.2) is 9.66 Å². The van der Waals surface area contributed by atoms with Gasteiger partial charge in [0.1, 0.15) is 16.3 Å². The lowest BCUT2D eigenvalue weighted by Crippen LogP contribution is -2.36. The summed E-state index contributed by atoms with van der Waals surface area (Å²) in [7, 11) is 1.68. The van der Waals surface area contributed by atoms with Gasteiger partial charge < -0.3 is 0 Å². The molecule has 3 aromatic rings. The van der Waals surface area contributed by atoms with E-state index in [1.54, 1.807) is 37.6 Å². The van der Waals surface area contributed by atoms with Crippen molar-refractivity contribution in [1.82, 2.24) is 19.4 Å². The third-order valence-electron chi connectivity index (χ3n) is 4.76. The summed E-state index contributed by atoms with van der Waals surface area (Å²) < 4.78 is 2.72. The molecular formula is C17H19N5O2S. The lowest BCUT2D eigenvalue weighted by atomic mass is 9.89. The van der Waals surface area contributed by atoms with Gasteiger partial charge in [-0.2, -0.15) is 5.10 Å². The van der Waals surface area contributed by atoms with E-state index in [-0.39, 0.29) is 11.5 Å². The van der Waals surface area contributed by atoms with Crippen LogP contribution >= 0.6 is 11.3 Å². The van der Waals surface area contributed by atoms with Gasteiger partial charge in [0.25, 0.3) is 11.5 Å². The number of thiophene rings is 1. The molecule has 1 unspecified atom stereocenters. The quantitative estimate of drug-likeness (QED) is 0.761. The van der Waals surface area contributed by atoms with E-state index < -0.39 is 0 Å². The summed E-state index contributed by atoms with van der Waals surface area (Å²) in [5, 5.41) is 4.64. The number of rotatable bonds is 2. The molecule has 4 rings (SSSR count). The average Bonchev–Trinajstić information content (AvgIpc) is 3.13. The summed E-state index contributed by atoms with van der Waals surface area (Å²) in [4.78, 5) is 32.1. The number of carbonyl (C=O) groups excluding carboxylic acids is 1. The largest absolute Gasteiger partial charge is 0.288 e. The van der Waals surface area contributed by atoms with Gasteiger partial charge in [0.2, 0.25) is 0 Å². The Labute approximate surface area is 148 Å². The predicted molar refractivity (Wildman–Crippen MR) is 96.7 cm³/mol. The molecule has 1 amide bonds. The second-order valence-electron chi connectivity index (χ2n) is 6.61. The topological polar surface area (TPSA) is 81.8 Å². The van der Waals surface area contributed by atoms with Crippen molar-refractivity contribution in [3.05, 3.63) is 44.6 Å². The van der Waals surface area contributed by atoms with Crippen LogP contribution in [0.25, 0.3) is 10.2 Å². The summed E-state index contributed by atoms with van der Waals surface area (Å²) in [6.45, 7) is 3.96. The summed E-state index contributed by atoms with van der Waals surface area (Å²) in [5.74, 6) is 0.720. The van der Waals surface area contributed by atoms with E-state index in [4.69, 9.17) is 0 Å². The lowest BCUT2D eigenvalue weighted by molar-refractivity contribution is 0.0997. The second kappa shape index (κ2) is 5.80. The van der Waals surface area contributed by atoms with Crippen molar-refractivity contribution in [1.29, 1.82) is 0 Å². The van der Waals surface area contributed by atoms with Crippen LogP contribution in [-0.2, 0) is 19.9 Å². The third-order valence-corrected chi connectivity index (χ3v) is 5.91. The predicted octanol–water partition coefficient (Wildman–Crippen LogP) is 2.01. The van der Waals surface area contributed by atoms with E-state index in [1.165, 1.54) is 14.2 Å². The number of hydrogen-bond acceptors (Lipinski definition) is 5. The molecule has 0 aromatic carbocycles. The number of amides is 1. The van der Waals surface area contributed by atoms with Crippen LogP contribution in [0, 0.1) is 12.8 Å². The summed E-state index contributed by atoms with van der Waals surface area (Å²) in [6, 6.07) is 1.61. The fourth-order valence-corrected chi connectivity index (χ4v) is 4.80. The fraction of sp³-hybridized carbons (Fsp3) is 0.412. The monoisotopic (exact) mass is 357 g/mol. The van der Waals surface area contributed by atoms with Crippen LogP contribution in [0.4, 0.5) is 0 Å². The van der Waals surface area contributed by atoms with Gasteiger partial charge in [-0.15, -0.1) is 11.3 Å². The molecule has 0 bridgehead atoms. The zero-order valence-electron chi connectivity index (χ0n) is 14.4. The minimum atomic E-state index is -0.385. The van der Waals surface area contributed by atoms with E-state index in [1.807, 2.05) is 0 Å². The SMILES string of the molecule is Cc1nc2sc3c(c2c(=O)n1NC(=O)c1ccnn1C)CCC(C)C3. The number of fused-ring (bicyclic) bond motifs is 3. The fourth-order valence-electron chi connectivity index (χ4n) is 3.38. The Morgan fingerprint density at radius 2 is 2.24 bits per heavy atom. The van der Waals surface area contributed by atoms with Crippen molar-refractivity contribution in [2.24, 2.45) is 13.0 Å². The van der Waals surface area contributed by atoms with Crippen LogP contribution in [-0.4, -0.2) is 25.3 Å². The van der Waals surface area contributed by atoms with Crippen molar-refractivity contribution >= 4 is 27.5 Å². The first kappa shape index (κ1) is 16.0. The molecule has 3 heterocycles. The molecule has 1 N–H and O–H groups in total. The first-order chi connectivity index (χ1) is 12.0. The van der Waals surface area contributed by atoms with E-state index in [0.717, 1.165) is 29.7 Å². The lowest BCUT2D eigenvalue weighted by Gasteiger charge is -2.17. The zero-order chi connectivity index (χ0) is 17.7. The molecule has 7 nitrogen and oxygen atoms in total. The molecule has 0 radical (unpaired) electrons. The smallest absolute Gasteiger partial charge is 0.267 e. The van der Waals surface area contributed by atoms with Gasteiger partial charge in [0, 0.05) is 18.1 Å². The Hall–Kier alpha value is -2.48. The molecule has 0 spiro atoms. The minimum absolute atomic E-state index is 0.204. The van der Waals surface area contributed by atoms with Crippen LogP contribution in [0.15, 0.2) is 17.1 Å². The van der Waals surface area contributed by atoms with Crippen LogP contribution in [0.3, 0.4) is 0 Å². The highest BCUT2D eigenvalue weighted by molar-refractivity contribution is 7.18. The van der Waals surface area contributed by atoms with Crippen molar-refractivity contribution < 1.29 is 4.79 Å². The first-order valence-corrected chi connectivity index (χ1v) is 9.10. The van der Waals surface area contributed by atoms with Crippen LogP contribution < -0.4 is 11.0 Å². The van der Waals surface area contributed by atoms with E-state index in [0.29, 0.717) is 22.8 Å². The Morgan fingerprint density at radius 3 is 2.96 bits per heavy atom. The van der Waals surface area contributed by atoms with Crippen LogP contribution in [0.1, 0.15) is 40.1 Å². The standard InChI is InChI=1S/C17H19N5O2S/c1-9-4-5-11-13(8-9)25-16-14(11)17(24)22(10(2)19-16)20-15(23)12-6-7-18-21(12)3/h6-7,9H,4-5,8H2,1-3H3,(H,20,23). The Balaban J connectivity index is 1.81. The Morgan fingerprint density at radius 1 is 1.44 bits per heavy atom. The molecule has 3 aromatic heterocycles. The first-order valence-electron chi connectivity index (χ1n) is 8.29. The molecule has 0 saturated carbocycles. The molecule has 0 aliphatic heterocycles. The highest BCUT2D eigenvalue weighted by Crippen LogP contribution is 2.35.